The van der Waals surface area contributed by atoms with Gasteiger partial charge in [-0.15, -0.1) is 11.3 Å². The van der Waals surface area contributed by atoms with E-state index in [0.717, 1.165) is 17.4 Å². The third kappa shape index (κ3) is 5.22. The van der Waals surface area contributed by atoms with Crippen molar-refractivity contribution < 1.29 is 31.5 Å². The summed E-state index contributed by atoms with van der Waals surface area (Å²) in [4.78, 5) is 20.1. The monoisotopic (exact) mass is 585 g/mol. The Morgan fingerprint density at radius 1 is 1.16 bits per heavy atom. The molecule has 2 aromatic carbocycles. The molecule has 2 heterocycles. The normalized spacial score (nSPS) is 12.3. The minimum atomic E-state index is -4.62. The number of amides is 1. The number of carbonyl (C=O) groups excluding carboxylic acids is 1. The van der Waals surface area contributed by atoms with E-state index in [1.807, 2.05) is 6.92 Å². The average molecular weight is 586 g/mol. The van der Waals surface area contributed by atoms with Gasteiger partial charge in [0.25, 0.3) is 10.0 Å². The Morgan fingerprint density at radius 3 is 2.34 bits per heavy atom. The van der Waals surface area contributed by atoms with E-state index in [1.165, 1.54) is 13.0 Å². The second-order valence-corrected chi connectivity index (χ2v) is 12.1. The minimum absolute atomic E-state index is 0.0659. The van der Waals surface area contributed by atoms with Crippen LogP contribution in [0.4, 0.5) is 18.0 Å². The largest absolute Gasteiger partial charge is 0.529 e. The van der Waals surface area contributed by atoms with E-state index >= 15 is 0 Å². The number of halogens is 4. The number of sulfonamides is 1. The summed E-state index contributed by atoms with van der Waals surface area (Å²) >= 11 is 6.83. The topological polar surface area (TPSA) is 108 Å². The van der Waals surface area contributed by atoms with Gasteiger partial charge in [0.1, 0.15) is 5.82 Å². The van der Waals surface area contributed by atoms with Crippen molar-refractivity contribution in [2.24, 2.45) is 0 Å². The van der Waals surface area contributed by atoms with E-state index in [2.05, 4.69) is 9.97 Å². The van der Waals surface area contributed by atoms with Crippen LogP contribution in [0.1, 0.15) is 34.6 Å². The Morgan fingerprint density at radius 2 is 1.82 bits per heavy atom. The van der Waals surface area contributed by atoms with Gasteiger partial charge in [-0.1, -0.05) is 30.7 Å². The summed E-state index contributed by atoms with van der Waals surface area (Å²) < 4.78 is 67.6. The molecule has 202 valence electrons. The molecule has 4 rings (SSSR count). The lowest BCUT2D eigenvalue weighted by molar-refractivity contribution is -0.259. The third-order valence-corrected chi connectivity index (χ3v) is 9.56. The van der Waals surface area contributed by atoms with Crippen molar-refractivity contribution in [1.29, 1.82) is 0 Å². The summed E-state index contributed by atoms with van der Waals surface area (Å²) in [6, 6.07) is 8.88. The zero-order valence-electron chi connectivity index (χ0n) is 20.3. The lowest BCUT2D eigenvalue weighted by Gasteiger charge is -2.24. The first kappa shape index (κ1) is 27.9. The SMILES string of the molecule is CCc1nc2cc(C(F)(F)F)c(Cl)cc2n1-c1ccc(CCN(C(=O)[O-])S(=O)(=O)c2sc(C)nc2C)cc1. The molecule has 0 saturated heterocycles. The van der Waals surface area contributed by atoms with Crippen molar-refractivity contribution in [2.45, 2.75) is 44.0 Å². The van der Waals surface area contributed by atoms with Gasteiger partial charge in [-0.05, 0) is 50.1 Å². The van der Waals surface area contributed by atoms with Crippen LogP contribution in [0.5, 0.6) is 0 Å². The van der Waals surface area contributed by atoms with E-state index < -0.39 is 32.9 Å². The fraction of sp³-hybridized carbons (Fsp3) is 0.292. The van der Waals surface area contributed by atoms with Gasteiger partial charge in [0.05, 0.1) is 32.3 Å². The van der Waals surface area contributed by atoms with Crippen LogP contribution in [0.25, 0.3) is 16.7 Å². The Bertz CT molecular complexity index is 1630. The minimum Gasteiger partial charge on any atom is -0.529 e. The number of rotatable bonds is 7. The van der Waals surface area contributed by atoms with Crippen LogP contribution in [0.2, 0.25) is 5.02 Å². The molecule has 0 bridgehead atoms. The van der Waals surface area contributed by atoms with E-state index in [4.69, 9.17) is 11.6 Å². The maximum atomic E-state index is 13.3. The number of benzene rings is 2. The van der Waals surface area contributed by atoms with Crippen molar-refractivity contribution in [3.63, 3.8) is 0 Å². The van der Waals surface area contributed by atoms with Gasteiger partial charge in [0.2, 0.25) is 0 Å². The fourth-order valence-corrected chi connectivity index (χ4v) is 7.20. The second-order valence-electron chi connectivity index (χ2n) is 8.40. The zero-order valence-corrected chi connectivity index (χ0v) is 22.7. The molecule has 0 atom stereocenters. The quantitative estimate of drug-likeness (QED) is 0.305. The fourth-order valence-electron chi connectivity index (χ4n) is 4.09. The van der Waals surface area contributed by atoms with E-state index in [1.54, 1.807) is 35.8 Å². The molecule has 0 aliphatic heterocycles. The maximum Gasteiger partial charge on any atom is 0.417 e. The van der Waals surface area contributed by atoms with Crippen molar-refractivity contribution in [3.05, 3.63) is 69.1 Å². The van der Waals surface area contributed by atoms with Crippen molar-refractivity contribution in [1.82, 2.24) is 18.8 Å². The molecule has 0 fully saturated rings. The summed E-state index contributed by atoms with van der Waals surface area (Å²) in [5.41, 5.74) is 1.02. The van der Waals surface area contributed by atoms with Gasteiger partial charge in [-0.25, -0.2) is 18.4 Å². The number of aryl methyl sites for hydroxylation is 3. The molecule has 14 heteroatoms. The number of hydrogen-bond donors (Lipinski definition) is 0. The lowest BCUT2D eigenvalue weighted by atomic mass is 10.1. The Balaban J connectivity index is 1.62. The van der Waals surface area contributed by atoms with Crippen LogP contribution >= 0.6 is 22.9 Å². The van der Waals surface area contributed by atoms with E-state index in [0.29, 0.717) is 38.3 Å². The third-order valence-electron chi connectivity index (χ3n) is 5.82. The number of nitrogens with zero attached hydrogens (tertiary/aromatic N) is 4. The highest BCUT2D eigenvalue weighted by molar-refractivity contribution is 7.91. The predicted octanol–water partition coefficient (Wildman–Crippen LogP) is 4.91. The number of aromatic nitrogens is 3. The molecule has 0 aliphatic carbocycles. The maximum absolute atomic E-state index is 13.3. The number of carboxylic acid groups (broad SMARTS) is 1. The summed E-state index contributed by atoms with van der Waals surface area (Å²) in [6.45, 7) is 4.56. The van der Waals surface area contributed by atoms with Gasteiger partial charge >= 0.3 is 6.18 Å². The predicted molar refractivity (Wildman–Crippen MR) is 135 cm³/mol. The van der Waals surface area contributed by atoms with Gasteiger partial charge in [0.15, 0.2) is 10.3 Å². The molecular formula is C24H21ClF3N4O4S2-. The van der Waals surface area contributed by atoms with Crippen LogP contribution in [-0.4, -0.2) is 39.9 Å². The molecule has 0 aliphatic rings. The molecule has 0 radical (unpaired) electrons. The van der Waals surface area contributed by atoms with Crippen molar-refractivity contribution in [3.8, 4) is 5.69 Å². The first-order valence-electron chi connectivity index (χ1n) is 11.3. The summed E-state index contributed by atoms with van der Waals surface area (Å²) in [7, 11) is -4.35. The lowest BCUT2D eigenvalue weighted by Crippen LogP contribution is -2.45. The first-order valence-corrected chi connectivity index (χ1v) is 13.9. The molecule has 0 unspecified atom stereocenters. The Labute approximate surface area is 225 Å². The summed E-state index contributed by atoms with van der Waals surface area (Å²) in [5.74, 6) is 0.521. The zero-order chi connectivity index (χ0) is 28.0. The standard InChI is InChI=1S/C24H22ClF3N4O4S2/c1-4-21-30-19-11-17(24(26,27)28)18(25)12-20(19)32(21)16-7-5-15(6-8-16)9-10-31(23(33)34)38(35,36)22-13(2)29-14(3)37-22/h5-8,11-12H,4,9-10H2,1-3H3,(H,33,34)/p-1. The van der Waals surface area contributed by atoms with Gasteiger partial charge in [-0.3, -0.25) is 8.87 Å². The molecule has 0 saturated carbocycles. The molecule has 1 amide bonds. The van der Waals surface area contributed by atoms with Crippen molar-refractivity contribution >= 4 is 50.1 Å². The smallest absolute Gasteiger partial charge is 0.417 e. The highest BCUT2D eigenvalue weighted by Gasteiger charge is 2.34. The number of alkyl halides is 3. The molecule has 38 heavy (non-hydrogen) atoms. The molecule has 0 N–H and O–H groups in total. The first-order chi connectivity index (χ1) is 17.7. The van der Waals surface area contributed by atoms with E-state index in [-0.39, 0.29) is 28.4 Å². The Kier molecular flexibility index (Phi) is 7.47. The average Bonchev–Trinajstić information content (AvgIpc) is 3.36. The number of thiazole rings is 1. The highest BCUT2D eigenvalue weighted by atomic mass is 35.5. The van der Waals surface area contributed by atoms with Gasteiger partial charge < -0.3 is 9.90 Å². The van der Waals surface area contributed by atoms with Crippen LogP contribution in [-0.2, 0) is 29.0 Å². The van der Waals surface area contributed by atoms with Crippen molar-refractivity contribution in [2.75, 3.05) is 6.54 Å². The van der Waals surface area contributed by atoms with Crippen LogP contribution in [0, 0.1) is 13.8 Å². The van der Waals surface area contributed by atoms with Crippen LogP contribution in [0.3, 0.4) is 0 Å². The number of imidazole rings is 1. The van der Waals surface area contributed by atoms with Crippen LogP contribution < -0.4 is 5.11 Å². The van der Waals surface area contributed by atoms with Crippen LogP contribution in [0.15, 0.2) is 40.6 Å². The van der Waals surface area contributed by atoms with E-state index in [9.17, 15) is 31.5 Å². The molecule has 2 aromatic heterocycles. The second kappa shape index (κ2) is 10.2. The number of fused-ring (bicyclic) bond motifs is 1. The van der Waals surface area contributed by atoms with Gasteiger partial charge in [-0.2, -0.15) is 13.2 Å². The Hall–Kier alpha value is -3.16. The molecule has 8 nitrogen and oxygen atoms in total. The number of carbonyl (C=O) groups is 1. The number of hydrogen-bond acceptors (Lipinski definition) is 7. The molecule has 0 spiro atoms. The highest BCUT2D eigenvalue weighted by Crippen LogP contribution is 2.38. The molecule has 4 aromatic rings. The summed E-state index contributed by atoms with van der Waals surface area (Å²) in [6.07, 6.45) is -5.96. The summed E-state index contributed by atoms with van der Waals surface area (Å²) in [5, 5.41) is 11.8. The molecular weight excluding hydrogens is 565 g/mol. The van der Waals surface area contributed by atoms with Gasteiger partial charge in [0, 0.05) is 18.7 Å².